The number of imidazole rings is 1. The van der Waals surface area contributed by atoms with E-state index in [0.29, 0.717) is 42.6 Å². The van der Waals surface area contributed by atoms with E-state index >= 15 is 0 Å². The normalized spacial score (nSPS) is 22.5. The van der Waals surface area contributed by atoms with Gasteiger partial charge in [0.15, 0.2) is 11.0 Å². The summed E-state index contributed by atoms with van der Waals surface area (Å²) in [6, 6.07) is 9.96. The minimum atomic E-state index is -1.41. The van der Waals surface area contributed by atoms with E-state index in [9.17, 15) is 5.11 Å². The summed E-state index contributed by atoms with van der Waals surface area (Å²) >= 11 is 2.64. The van der Waals surface area contributed by atoms with Crippen LogP contribution in [0.5, 0.6) is 0 Å². The number of aliphatic imine (C=N–C) groups is 1. The highest BCUT2D eigenvalue weighted by Gasteiger charge is 2.41. The molecular weight excluding hydrogens is 396 g/mol. The number of rotatable bonds is 6. The summed E-state index contributed by atoms with van der Waals surface area (Å²) < 4.78 is 11.6. The Morgan fingerprint density at radius 3 is 2.89 bits per heavy atom. The van der Waals surface area contributed by atoms with Crippen LogP contribution in [0.15, 0.2) is 41.5 Å². The van der Waals surface area contributed by atoms with Crippen molar-refractivity contribution in [2.24, 2.45) is 4.99 Å². The van der Waals surface area contributed by atoms with Gasteiger partial charge in [0.05, 0.1) is 31.2 Å². The maximum absolute atomic E-state index is 10.9. The molecule has 1 aliphatic heterocycles. The number of nitrogens with zero attached hydrogens (tertiary/aromatic N) is 2. The second-order valence-electron chi connectivity index (χ2n) is 6.34. The molecule has 3 N–H and O–H groups in total. The molecule has 0 radical (unpaired) electrons. The Kier molecular flexibility index (Phi) is 7.30. The summed E-state index contributed by atoms with van der Waals surface area (Å²) in [4.78, 5) is 11.6. The van der Waals surface area contributed by atoms with Crippen molar-refractivity contribution in [2.75, 3.05) is 19.1 Å². The zero-order chi connectivity index (χ0) is 20.0. The van der Waals surface area contributed by atoms with E-state index in [1.165, 1.54) is 23.5 Å². The fourth-order valence-electron chi connectivity index (χ4n) is 2.91. The van der Waals surface area contributed by atoms with Crippen LogP contribution in [0, 0.1) is 5.41 Å². The van der Waals surface area contributed by atoms with Crippen LogP contribution < -0.4 is 0 Å². The number of benzene rings is 1. The molecule has 2 atom stereocenters. The molecule has 0 spiro atoms. The van der Waals surface area contributed by atoms with Crippen LogP contribution in [0.2, 0.25) is 0 Å². The second-order valence-corrected chi connectivity index (χ2v) is 7.93. The van der Waals surface area contributed by atoms with E-state index in [0.717, 1.165) is 5.56 Å². The van der Waals surface area contributed by atoms with Crippen LogP contribution in [0.25, 0.3) is 0 Å². The molecule has 0 saturated carbocycles. The summed E-state index contributed by atoms with van der Waals surface area (Å²) in [5.74, 6) is -0.898. The molecule has 1 fully saturated rings. The first kappa shape index (κ1) is 21.1. The zero-order valence-corrected chi connectivity index (χ0v) is 17.5. The van der Waals surface area contributed by atoms with Crippen molar-refractivity contribution in [3.63, 3.8) is 0 Å². The van der Waals surface area contributed by atoms with Gasteiger partial charge in [-0.15, -0.1) is 11.8 Å². The number of thioether (sulfide) groups is 2. The van der Waals surface area contributed by atoms with Gasteiger partial charge in [0.25, 0.3) is 0 Å². The van der Waals surface area contributed by atoms with Crippen LogP contribution in [0.1, 0.15) is 29.9 Å². The SMILES string of the molecule is CSC(=N)/N=C(/SC)c1ncc([C@@]2(O)CC[C@@H](COCc3ccccc3)O2)[nH]1. The summed E-state index contributed by atoms with van der Waals surface area (Å²) in [6.07, 6.45) is 6.21. The maximum atomic E-state index is 10.9. The Balaban J connectivity index is 1.59. The molecule has 1 aliphatic rings. The third-order valence-corrected chi connectivity index (χ3v) is 5.52. The van der Waals surface area contributed by atoms with Crippen molar-refractivity contribution >= 4 is 33.7 Å². The molecule has 0 unspecified atom stereocenters. The van der Waals surface area contributed by atoms with Crippen LogP contribution in [0.3, 0.4) is 0 Å². The number of ether oxygens (including phenoxy) is 2. The number of H-pyrrole nitrogens is 1. The van der Waals surface area contributed by atoms with Gasteiger partial charge in [0.2, 0.25) is 5.79 Å². The van der Waals surface area contributed by atoms with E-state index in [1.807, 2.05) is 36.6 Å². The molecule has 1 aromatic heterocycles. The third-order valence-electron chi connectivity index (χ3n) is 4.37. The van der Waals surface area contributed by atoms with Crippen molar-refractivity contribution in [3.05, 3.63) is 53.6 Å². The van der Waals surface area contributed by atoms with E-state index in [1.54, 1.807) is 12.5 Å². The van der Waals surface area contributed by atoms with Crippen molar-refractivity contribution < 1.29 is 14.6 Å². The first-order valence-corrected chi connectivity index (χ1v) is 11.3. The molecular formula is C19H24N4O3S2. The van der Waals surface area contributed by atoms with Gasteiger partial charge >= 0.3 is 0 Å². The minimum absolute atomic E-state index is 0.182. The van der Waals surface area contributed by atoms with E-state index < -0.39 is 5.79 Å². The zero-order valence-electron chi connectivity index (χ0n) is 15.8. The highest BCUT2D eigenvalue weighted by atomic mass is 32.2. The average molecular weight is 421 g/mol. The van der Waals surface area contributed by atoms with Gasteiger partial charge in [0, 0.05) is 6.42 Å². The molecule has 1 saturated heterocycles. The van der Waals surface area contributed by atoms with Gasteiger partial charge in [-0.3, -0.25) is 5.41 Å². The number of aromatic nitrogens is 2. The highest BCUT2D eigenvalue weighted by molar-refractivity contribution is 8.15. The van der Waals surface area contributed by atoms with Crippen molar-refractivity contribution in [3.8, 4) is 0 Å². The molecule has 9 heteroatoms. The summed E-state index contributed by atoms with van der Waals surface area (Å²) in [5, 5.41) is 19.4. The predicted octanol–water partition coefficient (Wildman–Crippen LogP) is 3.36. The Hall–Kier alpha value is -1.65. The lowest BCUT2D eigenvalue weighted by molar-refractivity contribution is -0.210. The van der Waals surface area contributed by atoms with Crippen LogP contribution in [0.4, 0.5) is 0 Å². The Morgan fingerprint density at radius 2 is 2.18 bits per heavy atom. The molecule has 7 nitrogen and oxygen atoms in total. The van der Waals surface area contributed by atoms with Crippen LogP contribution in [-0.4, -0.2) is 50.5 Å². The quantitative estimate of drug-likeness (QED) is 0.489. The van der Waals surface area contributed by atoms with Gasteiger partial charge in [-0.05, 0) is 24.5 Å². The molecule has 150 valence electrons. The maximum Gasteiger partial charge on any atom is 0.209 e. The molecule has 2 heterocycles. The summed E-state index contributed by atoms with van der Waals surface area (Å²) in [6.45, 7) is 0.933. The minimum Gasteiger partial charge on any atom is -0.374 e. The number of hydrogen-bond acceptors (Lipinski definition) is 7. The molecule has 0 aliphatic carbocycles. The van der Waals surface area contributed by atoms with Gasteiger partial charge in [-0.1, -0.05) is 42.1 Å². The Bertz CT molecular complexity index is 828. The van der Waals surface area contributed by atoms with E-state index in [2.05, 4.69) is 15.0 Å². The topological polar surface area (TPSA) is 104 Å². The molecule has 2 aromatic rings. The lowest BCUT2D eigenvalue weighted by Crippen LogP contribution is -2.28. The van der Waals surface area contributed by atoms with Gasteiger partial charge in [0.1, 0.15) is 5.04 Å². The van der Waals surface area contributed by atoms with Gasteiger partial charge in [-0.2, -0.15) is 0 Å². The molecule has 0 amide bonds. The van der Waals surface area contributed by atoms with Crippen molar-refractivity contribution in [1.82, 2.24) is 9.97 Å². The monoisotopic (exact) mass is 420 g/mol. The van der Waals surface area contributed by atoms with Gasteiger partial charge < -0.3 is 19.6 Å². The predicted molar refractivity (Wildman–Crippen MR) is 114 cm³/mol. The van der Waals surface area contributed by atoms with E-state index in [4.69, 9.17) is 14.9 Å². The molecule has 3 rings (SSSR count). The summed E-state index contributed by atoms with van der Waals surface area (Å²) in [5.41, 5.74) is 1.60. The van der Waals surface area contributed by atoms with E-state index in [-0.39, 0.29) is 11.3 Å². The number of nitrogens with one attached hydrogen (secondary N) is 2. The summed E-state index contributed by atoms with van der Waals surface area (Å²) in [7, 11) is 0. The number of amidine groups is 1. The molecule has 1 aromatic carbocycles. The first-order chi connectivity index (χ1) is 13.5. The third kappa shape index (κ3) is 5.24. The smallest absolute Gasteiger partial charge is 0.209 e. The molecule has 0 bridgehead atoms. The van der Waals surface area contributed by atoms with Gasteiger partial charge in [-0.25, -0.2) is 9.98 Å². The Labute approximate surface area is 172 Å². The average Bonchev–Trinajstić information content (AvgIpc) is 3.35. The van der Waals surface area contributed by atoms with Crippen LogP contribution in [-0.2, 0) is 21.9 Å². The lowest BCUT2D eigenvalue weighted by atomic mass is 10.1. The number of hydrogen-bond donors (Lipinski definition) is 3. The number of aromatic amines is 1. The lowest BCUT2D eigenvalue weighted by Gasteiger charge is -2.21. The van der Waals surface area contributed by atoms with Crippen LogP contribution >= 0.6 is 23.5 Å². The number of aliphatic hydroxyl groups is 1. The standard InChI is InChI=1S/C19H24N4O3S2/c1-27-17(23-18(20)28-2)16-21-10-15(22-16)19(24)9-8-14(26-19)12-25-11-13-6-4-3-5-7-13/h3-7,10,14,20,24H,8-9,11-12H2,1-2H3,(H,21,22)/b20-18?,23-17+/t14-,19+/m0/s1. The van der Waals surface area contributed by atoms with Crippen molar-refractivity contribution in [2.45, 2.75) is 31.3 Å². The fourth-order valence-corrected chi connectivity index (χ4v) is 3.63. The largest absolute Gasteiger partial charge is 0.374 e. The highest BCUT2D eigenvalue weighted by Crippen LogP contribution is 2.36. The first-order valence-electron chi connectivity index (χ1n) is 8.87. The Morgan fingerprint density at radius 1 is 1.39 bits per heavy atom. The molecule has 28 heavy (non-hydrogen) atoms. The second kappa shape index (κ2) is 9.71. The van der Waals surface area contributed by atoms with Crippen molar-refractivity contribution in [1.29, 1.82) is 5.41 Å². The fraction of sp³-hybridized carbons (Fsp3) is 0.421.